The van der Waals surface area contributed by atoms with Crippen molar-refractivity contribution in [3.63, 3.8) is 0 Å². The second kappa shape index (κ2) is 10.3. The third kappa shape index (κ3) is 5.11. The van der Waals surface area contributed by atoms with Crippen LogP contribution in [0.3, 0.4) is 0 Å². The molecule has 0 saturated heterocycles. The zero-order valence-electron chi connectivity index (χ0n) is 21.0. The Morgan fingerprint density at radius 1 is 0.912 bits per heavy atom. The minimum atomic E-state index is -0.302. The van der Waals surface area contributed by atoms with Crippen LogP contribution in [0.4, 0.5) is 11.4 Å². The molecule has 3 aromatic carbocycles. The lowest BCUT2D eigenvalue weighted by molar-refractivity contribution is 0.0601. The quantitative estimate of drug-likeness (QED) is 0.359. The van der Waals surface area contributed by atoms with Gasteiger partial charge in [0.2, 0.25) is 0 Å². The molecule has 0 heterocycles. The van der Waals surface area contributed by atoms with Crippen molar-refractivity contribution in [2.45, 2.75) is 65.5 Å². The van der Waals surface area contributed by atoms with E-state index in [1.54, 1.807) is 0 Å². The number of hydrogen-bond donors (Lipinski definition) is 2. The van der Waals surface area contributed by atoms with Crippen molar-refractivity contribution in [1.82, 2.24) is 0 Å². The molecule has 1 saturated carbocycles. The van der Waals surface area contributed by atoms with Crippen LogP contribution >= 0.6 is 0 Å². The zero-order chi connectivity index (χ0) is 24.2. The van der Waals surface area contributed by atoms with Gasteiger partial charge in [-0.15, -0.1) is 0 Å². The summed E-state index contributed by atoms with van der Waals surface area (Å²) < 4.78 is 5.24. The summed E-state index contributed by atoms with van der Waals surface area (Å²) in [5.74, 6) is -0.302. The van der Waals surface area contributed by atoms with Crippen LogP contribution in [-0.4, -0.2) is 25.2 Å². The van der Waals surface area contributed by atoms with Gasteiger partial charge in [0.25, 0.3) is 0 Å². The normalized spacial score (nSPS) is 13.8. The van der Waals surface area contributed by atoms with E-state index in [2.05, 4.69) is 86.0 Å². The van der Waals surface area contributed by atoms with Gasteiger partial charge in [-0.25, -0.2) is 4.79 Å². The van der Waals surface area contributed by atoms with Gasteiger partial charge in [-0.1, -0.05) is 43.2 Å². The van der Waals surface area contributed by atoms with Crippen molar-refractivity contribution in [3.05, 3.63) is 71.3 Å². The van der Waals surface area contributed by atoms with Crippen LogP contribution in [0.2, 0.25) is 0 Å². The second-order valence-electron chi connectivity index (χ2n) is 9.69. The lowest BCUT2D eigenvalue weighted by atomic mass is 9.86. The highest BCUT2D eigenvalue weighted by Crippen LogP contribution is 2.37. The summed E-state index contributed by atoms with van der Waals surface area (Å²) in [5, 5.41) is 7.07. The van der Waals surface area contributed by atoms with Crippen molar-refractivity contribution in [3.8, 4) is 22.3 Å². The smallest absolute Gasteiger partial charge is 0.338 e. The third-order valence-electron chi connectivity index (χ3n) is 6.72. The number of benzene rings is 3. The summed E-state index contributed by atoms with van der Waals surface area (Å²) in [7, 11) is 1.45. The van der Waals surface area contributed by atoms with Gasteiger partial charge in [0, 0.05) is 23.5 Å². The molecule has 0 aromatic heterocycles. The topological polar surface area (TPSA) is 50.4 Å². The minimum absolute atomic E-state index is 0.302. The van der Waals surface area contributed by atoms with Crippen LogP contribution in [0.15, 0.2) is 54.6 Å². The molecule has 4 heteroatoms. The van der Waals surface area contributed by atoms with Crippen molar-refractivity contribution in [1.29, 1.82) is 0 Å². The number of methoxy groups -OCH3 is 1. The Kier molecular flexibility index (Phi) is 7.26. The van der Waals surface area contributed by atoms with Crippen LogP contribution in [0, 0.1) is 13.8 Å². The van der Waals surface area contributed by atoms with Crippen LogP contribution in [-0.2, 0) is 4.74 Å². The van der Waals surface area contributed by atoms with E-state index in [1.165, 1.54) is 32.8 Å². The third-order valence-corrected chi connectivity index (χ3v) is 6.72. The highest BCUT2D eigenvalue weighted by atomic mass is 16.5. The molecule has 0 unspecified atom stereocenters. The highest BCUT2D eigenvalue weighted by Gasteiger charge is 2.22. The van der Waals surface area contributed by atoms with Crippen LogP contribution in [0.1, 0.15) is 61.0 Å². The fourth-order valence-electron chi connectivity index (χ4n) is 5.06. The molecule has 4 nitrogen and oxygen atoms in total. The molecule has 2 N–H and O–H groups in total. The van der Waals surface area contributed by atoms with Crippen LogP contribution in [0.25, 0.3) is 22.3 Å². The van der Waals surface area contributed by atoms with Crippen LogP contribution in [0.5, 0.6) is 0 Å². The minimum Gasteiger partial charge on any atom is -0.465 e. The van der Waals surface area contributed by atoms with Gasteiger partial charge >= 0.3 is 5.97 Å². The molecule has 0 aliphatic heterocycles. The van der Waals surface area contributed by atoms with Gasteiger partial charge in [0.15, 0.2) is 0 Å². The number of anilines is 2. The average molecular weight is 457 g/mol. The maximum Gasteiger partial charge on any atom is 0.338 e. The van der Waals surface area contributed by atoms with E-state index >= 15 is 0 Å². The van der Waals surface area contributed by atoms with Gasteiger partial charge < -0.3 is 15.4 Å². The lowest BCUT2D eigenvalue weighted by Gasteiger charge is -2.19. The number of aryl methyl sites for hydroxylation is 1. The van der Waals surface area contributed by atoms with Crippen molar-refractivity contribution in [2.24, 2.45) is 0 Å². The first-order valence-electron chi connectivity index (χ1n) is 12.3. The molecule has 4 rings (SSSR count). The molecule has 178 valence electrons. The number of rotatable bonds is 7. The Hall–Kier alpha value is -3.27. The zero-order valence-corrected chi connectivity index (χ0v) is 21.0. The number of carbonyl (C=O) groups excluding carboxylic acids is 1. The molecule has 34 heavy (non-hydrogen) atoms. The molecule has 1 aliphatic carbocycles. The molecular weight excluding hydrogens is 420 g/mol. The molecule has 0 spiro atoms. The van der Waals surface area contributed by atoms with Gasteiger partial charge in [-0.2, -0.15) is 0 Å². The Balaban J connectivity index is 1.72. The molecule has 0 bridgehead atoms. The summed E-state index contributed by atoms with van der Waals surface area (Å²) >= 11 is 0. The van der Waals surface area contributed by atoms with E-state index in [9.17, 15) is 4.79 Å². The molecule has 0 radical (unpaired) electrons. The summed E-state index contributed by atoms with van der Waals surface area (Å²) in [6, 6.07) is 20.0. The fourth-order valence-corrected chi connectivity index (χ4v) is 5.06. The largest absolute Gasteiger partial charge is 0.465 e. The SMILES string of the molecule is COC(=O)c1c(C)c(-c2ccc(NC(C)C)cc2)cc(C)c1-c1ccc(NC2CCCC2)cc1. The number of hydrogen-bond acceptors (Lipinski definition) is 4. The monoisotopic (exact) mass is 456 g/mol. The van der Waals surface area contributed by atoms with E-state index in [1.807, 2.05) is 6.92 Å². The van der Waals surface area contributed by atoms with Gasteiger partial charge in [-0.3, -0.25) is 0 Å². The van der Waals surface area contributed by atoms with Gasteiger partial charge in [0.05, 0.1) is 12.7 Å². The number of carbonyl (C=O) groups is 1. The van der Waals surface area contributed by atoms with E-state index in [0.717, 1.165) is 44.8 Å². The number of esters is 1. The standard InChI is InChI=1S/C30H36N2O2/c1-19(2)31-25-14-10-22(11-15-25)27-18-20(3)28(29(21(27)4)30(33)34-5)23-12-16-26(17-13-23)32-24-8-6-7-9-24/h10-19,24,31-32H,6-9H2,1-5H3. The van der Waals surface area contributed by atoms with Crippen molar-refractivity contribution >= 4 is 17.3 Å². The first-order chi connectivity index (χ1) is 16.4. The Morgan fingerprint density at radius 2 is 1.50 bits per heavy atom. The first kappa shape index (κ1) is 23.9. The summed E-state index contributed by atoms with van der Waals surface area (Å²) in [6.07, 6.45) is 5.09. The molecule has 0 atom stereocenters. The van der Waals surface area contributed by atoms with E-state index in [0.29, 0.717) is 17.6 Å². The van der Waals surface area contributed by atoms with E-state index in [4.69, 9.17) is 4.74 Å². The van der Waals surface area contributed by atoms with Crippen molar-refractivity contribution in [2.75, 3.05) is 17.7 Å². The highest BCUT2D eigenvalue weighted by molar-refractivity contribution is 6.02. The Morgan fingerprint density at radius 3 is 2.09 bits per heavy atom. The van der Waals surface area contributed by atoms with Gasteiger partial charge in [0.1, 0.15) is 0 Å². The number of ether oxygens (including phenoxy) is 1. The molecule has 1 aliphatic rings. The maximum atomic E-state index is 13.0. The fraction of sp³-hybridized carbons (Fsp3) is 0.367. The van der Waals surface area contributed by atoms with Crippen molar-refractivity contribution < 1.29 is 9.53 Å². The van der Waals surface area contributed by atoms with Crippen LogP contribution < -0.4 is 10.6 Å². The predicted molar refractivity (Wildman–Crippen MR) is 143 cm³/mol. The molecule has 3 aromatic rings. The molecule has 1 fully saturated rings. The average Bonchev–Trinajstić information content (AvgIpc) is 3.33. The Labute approximate surface area is 203 Å². The summed E-state index contributed by atoms with van der Waals surface area (Å²) in [6.45, 7) is 8.34. The predicted octanol–water partition coefficient (Wildman–Crippen LogP) is 7.60. The second-order valence-corrected chi connectivity index (χ2v) is 9.69. The molecular formula is C30H36N2O2. The summed E-state index contributed by atoms with van der Waals surface area (Å²) in [4.78, 5) is 13.0. The lowest BCUT2D eigenvalue weighted by Crippen LogP contribution is -2.14. The number of nitrogens with one attached hydrogen (secondary N) is 2. The van der Waals surface area contributed by atoms with E-state index in [-0.39, 0.29) is 5.97 Å². The maximum absolute atomic E-state index is 13.0. The van der Waals surface area contributed by atoms with Gasteiger partial charge in [-0.05, 0) is 98.2 Å². The Bertz CT molecular complexity index is 1140. The first-order valence-corrected chi connectivity index (χ1v) is 12.3. The molecule has 0 amide bonds. The summed E-state index contributed by atoms with van der Waals surface area (Å²) in [5.41, 5.74) is 8.96. The van der Waals surface area contributed by atoms with E-state index < -0.39 is 0 Å².